The highest BCUT2D eigenvalue weighted by Crippen LogP contribution is 2.26. The summed E-state index contributed by atoms with van der Waals surface area (Å²) in [5, 5.41) is 15.3. The number of pyridine rings is 1. The van der Waals surface area contributed by atoms with Crippen LogP contribution in [0.2, 0.25) is 0 Å². The van der Waals surface area contributed by atoms with Crippen molar-refractivity contribution >= 4 is 29.2 Å². The average Bonchev–Trinajstić information content (AvgIpc) is 3.19. The molecule has 130 valence electrons. The van der Waals surface area contributed by atoms with Gasteiger partial charge in [-0.1, -0.05) is 12.1 Å². The van der Waals surface area contributed by atoms with E-state index in [1.54, 1.807) is 53.9 Å². The van der Waals surface area contributed by atoms with Crippen LogP contribution in [0.5, 0.6) is 0 Å². The maximum atomic E-state index is 12.5. The Labute approximate surface area is 147 Å². The second kappa shape index (κ2) is 5.66. The molecule has 1 unspecified atom stereocenters. The fraction of sp³-hybridized carbons (Fsp3) is 0.118. The zero-order valence-corrected chi connectivity index (χ0v) is 13.7. The molecule has 1 aliphatic heterocycles. The Hall–Kier alpha value is -3.75. The Kier molecular flexibility index (Phi) is 3.43. The van der Waals surface area contributed by atoms with Gasteiger partial charge in [-0.2, -0.15) is 0 Å². The molecule has 3 heterocycles. The molecule has 1 aromatic carbocycles. The molecule has 3 N–H and O–H groups in total. The molecule has 26 heavy (non-hydrogen) atoms. The van der Waals surface area contributed by atoms with Gasteiger partial charge >= 0.3 is 6.03 Å². The molecule has 2 aromatic heterocycles. The van der Waals surface area contributed by atoms with Gasteiger partial charge in [0.15, 0.2) is 5.65 Å². The van der Waals surface area contributed by atoms with E-state index in [1.807, 2.05) is 0 Å². The number of amides is 4. The van der Waals surface area contributed by atoms with Crippen molar-refractivity contribution in [1.29, 1.82) is 0 Å². The molecule has 1 aliphatic rings. The monoisotopic (exact) mass is 350 g/mol. The molecule has 3 aromatic rings. The van der Waals surface area contributed by atoms with Gasteiger partial charge in [0.25, 0.3) is 11.8 Å². The number of anilines is 1. The van der Waals surface area contributed by atoms with Gasteiger partial charge < -0.3 is 10.6 Å². The number of urea groups is 1. The predicted octanol–water partition coefficient (Wildman–Crippen LogP) is 1.04. The maximum Gasteiger partial charge on any atom is 0.322 e. The van der Waals surface area contributed by atoms with Crippen LogP contribution in [0.4, 0.5) is 10.5 Å². The number of hydrogen-bond donors (Lipinski definition) is 3. The minimum Gasteiger partial charge on any atom is -0.322 e. The van der Waals surface area contributed by atoms with Crippen molar-refractivity contribution in [2.45, 2.75) is 12.5 Å². The second-order valence-corrected chi connectivity index (χ2v) is 6.08. The number of nitrogens with zero attached hydrogens (tertiary/aromatic N) is 3. The highest BCUT2D eigenvalue weighted by Gasteiger charge is 2.43. The molecule has 1 fully saturated rings. The maximum absolute atomic E-state index is 12.5. The van der Waals surface area contributed by atoms with Crippen LogP contribution in [0.25, 0.3) is 5.65 Å². The summed E-state index contributed by atoms with van der Waals surface area (Å²) in [6.07, 6.45) is 3.13. The van der Waals surface area contributed by atoms with Gasteiger partial charge in [-0.3, -0.25) is 19.3 Å². The summed E-state index contributed by atoms with van der Waals surface area (Å²) in [6, 6.07) is 9.57. The Bertz CT molecular complexity index is 1060. The van der Waals surface area contributed by atoms with Gasteiger partial charge in [-0.25, -0.2) is 4.79 Å². The smallest absolute Gasteiger partial charge is 0.322 e. The number of carbonyl (C=O) groups excluding carboxylic acids is 3. The zero-order valence-electron chi connectivity index (χ0n) is 13.7. The van der Waals surface area contributed by atoms with Crippen molar-refractivity contribution in [1.82, 2.24) is 25.2 Å². The van der Waals surface area contributed by atoms with Crippen LogP contribution in [0.1, 0.15) is 22.8 Å². The molecule has 4 rings (SSSR count). The highest BCUT2D eigenvalue weighted by atomic mass is 16.2. The van der Waals surface area contributed by atoms with Crippen molar-refractivity contribution in [3.63, 3.8) is 0 Å². The molecule has 9 heteroatoms. The van der Waals surface area contributed by atoms with E-state index >= 15 is 0 Å². The number of fused-ring (bicyclic) bond motifs is 1. The van der Waals surface area contributed by atoms with E-state index in [9.17, 15) is 14.4 Å². The van der Waals surface area contributed by atoms with Crippen molar-refractivity contribution in [3.05, 3.63) is 60.0 Å². The number of aromatic nitrogens is 3. The minimum absolute atomic E-state index is 0.317. The summed E-state index contributed by atoms with van der Waals surface area (Å²) in [5.41, 5.74) is 0.957. The molecule has 0 radical (unpaired) electrons. The van der Waals surface area contributed by atoms with Gasteiger partial charge in [0.1, 0.15) is 11.9 Å². The number of nitrogens with one attached hydrogen (secondary N) is 3. The normalized spacial score (nSPS) is 19.3. The van der Waals surface area contributed by atoms with Gasteiger partial charge in [-0.15, -0.1) is 10.2 Å². The lowest BCUT2D eigenvalue weighted by molar-refractivity contribution is -0.123. The van der Waals surface area contributed by atoms with E-state index in [4.69, 9.17) is 0 Å². The molecular formula is C17H14N6O3. The standard InChI is InChI=1S/C17H14N6O3/c1-17(15(25)20-16(26)21-17)11-3-2-4-12(7-11)19-14(24)10-5-6-13-22-18-9-23(13)8-10/h2-9H,1H3,(H,19,24)(H2,20,21,25,26). The fourth-order valence-electron chi connectivity index (χ4n) is 2.82. The van der Waals surface area contributed by atoms with Gasteiger partial charge in [-0.05, 0) is 36.8 Å². The average molecular weight is 350 g/mol. The Morgan fingerprint density at radius 1 is 1.23 bits per heavy atom. The number of hydrogen-bond acceptors (Lipinski definition) is 5. The summed E-state index contributed by atoms with van der Waals surface area (Å²) in [6.45, 7) is 1.61. The molecular weight excluding hydrogens is 336 g/mol. The summed E-state index contributed by atoms with van der Waals surface area (Å²) in [5.74, 6) is -0.758. The third kappa shape index (κ3) is 2.55. The summed E-state index contributed by atoms with van der Waals surface area (Å²) in [7, 11) is 0. The van der Waals surface area contributed by atoms with Crippen LogP contribution in [0.15, 0.2) is 48.9 Å². The summed E-state index contributed by atoms with van der Waals surface area (Å²) >= 11 is 0. The molecule has 1 saturated heterocycles. The highest BCUT2D eigenvalue weighted by molar-refractivity contribution is 6.07. The topological polar surface area (TPSA) is 117 Å². The van der Waals surface area contributed by atoms with Crippen LogP contribution in [-0.4, -0.2) is 32.4 Å². The van der Waals surface area contributed by atoms with E-state index < -0.39 is 17.5 Å². The van der Waals surface area contributed by atoms with Gasteiger partial charge in [0.2, 0.25) is 0 Å². The first kappa shape index (κ1) is 15.8. The SMILES string of the molecule is CC1(c2cccc(NC(=O)c3ccc4nncn4c3)c2)NC(=O)NC1=O. The first-order chi connectivity index (χ1) is 12.5. The quantitative estimate of drug-likeness (QED) is 0.610. The predicted molar refractivity (Wildman–Crippen MR) is 91.4 cm³/mol. The van der Waals surface area contributed by atoms with Gasteiger partial charge in [0.05, 0.1) is 5.56 Å². The lowest BCUT2D eigenvalue weighted by Gasteiger charge is -2.21. The molecule has 0 bridgehead atoms. The second-order valence-electron chi connectivity index (χ2n) is 6.08. The molecule has 0 aliphatic carbocycles. The minimum atomic E-state index is -1.18. The molecule has 9 nitrogen and oxygen atoms in total. The largest absolute Gasteiger partial charge is 0.322 e. The molecule has 0 saturated carbocycles. The summed E-state index contributed by atoms with van der Waals surface area (Å²) < 4.78 is 1.64. The molecule has 0 spiro atoms. The zero-order chi connectivity index (χ0) is 18.3. The van der Waals surface area contributed by atoms with Gasteiger partial charge in [0, 0.05) is 11.9 Å². The van der Waals surface area contributed by atoms with Crippen LogP contribution in [-0.2, 0) is 10.3 Å². The molecule has 4 amide bonds. The first-order valence-electron chi connectivity index (χ1n) is 7.80. The number of carbonyl (C=O) groups is 3. The summed E-state index contributed by atoms with van der Waals surface area (Å²) in [4.78, 5) is 36.0. The first-order valence-corrected chi connectivity index (χ1v) is 7.80. The lowest BCUT2D eigenvalue weighted by atomic mass is 9.92. The fourth-order valence-corrected chi connectivity index (χ4v) is 2.82. The Morgan fingerprint density at radius 3 is 2.85 bits per heavy atom. The van der Waals surface area contributed by atoms with E-state index in [2.05, 4.69) is 26.1 Å². The van der Waals surface area contributed by atoms with Crippen LogP contribution in [0.3, 0.4) is 0 Å². The molecule has 1 atom stereocenters. The van der Waals surface area contributed by atoms with Crippen molar-refractivity contribution in [3.8, 4) is 0 Å². The Morgan fingerprint density at radius 2 is 2.08 bits per heavy atom. The van der Waals surface area contributed by atoms with E-state index in [0.29, 0.717) is 22.5 Å². The van der Waals surface area contributed by atoms with Crippen LogP contribution >= 0.6 is 0 Å². The third-order valence-electron chi connectivity index (χ3n) is 4.30. The number of benzene rings is 1. The van der Waals surface area contributed by atoms with Crippen molar-refractivity contribution in [2.24, 2.45) is 0 Å². The lowest BCUT2D eigenvalue weighted by Crippen LogP contribution is -2.40. The van der Waals surface area contributed by atoms with Crippen LogP contribution in [0, 0.1) is 0 Å². The van der Waals surface area contributed by atoms with Crippen molar-refractivity contribution in [2.75, 3.05) is 5.32 Å². The van der Waals surface area contributed by atoms with E-state index in [0.717, 1.165) is 0 Å². The third-order valence-corrected chi connectivity index (χ3v) is 4.30. The van der Waals surface area contributed by atoms with E-state index in [1.165, 1.54) is 6.33 Å². The van der Waals surface area contributed by atoms with Crippen LogP contribution < -0.4 is 16.0 Å². The van der Waals surface area contributed by atoms with Crippen molar-refractivity contribution < 1.29 is 14.4 Å². The number of imide groups is 1. The number of rotatable bonds is 3. The van der Waals surface area contributed by atoms with E-state index in [-0.39, 0.29) is 5.91 Å². The Balaban J connectivity index is 1.60.